The number of carbonyl (C=O) groups is 1. The Hall–Kier alpha value is -2.47. The van der Waals surface area contributed by atoms with E-state index in [0.717, 1.165) is 6.07 Å². The fourth-order valence-corrected chi connectivity index (χ4v) is 2.58. The SMILES string of the molecule is COCCN1CNc2cc(-c3cccc(F)c3F)ccc2C1=O. The molecule has 0 atom stereocenters. The Balaban J connectivity index is 1.92. The van der Waals surface area contributed by atoms with Crippen LogP contribution in [-0.4, -0.2) is 37.7 Å². The lowest BCUT2D eigenvalue weighted by Gasteiger charge is -2.29. The molecule has 1 amide bonds. The summed E-state index contributed by atoms with van der Waals surface area (Å²) in [6, 6.07) is 8.96. The van der Waals surface area contributed by atoms with E-state index in [2.05, 4.69) is 5.32 Å². The van der Waals surface area contributed by atoms with Crippen molar-refractivity contribution in [3.05, 3.63) is 53.6 Å². The standard InChI is InChI=1S/C17H16F2N2O2/c1-23-8-7-21-10-20-15-9-11(5-6-13(15)17(21)22)12-3-2-4-14(18)16(12)19/h2-6,9,20H,7-8,10H2,1H3. The van der Waals surface area contributed by atoms with E-state index in [0.29, 0.717) is 36.6 Å². The Morgan fingerprint density at radius 1 is 1.22 bits per heavy atom. The van der Waals surface area contributed by atoms with Crippen LogP contribution in [0.5, 0.6) is 0 Å². The monoisotopic (exact) mass is 318 g/mol. The van der Waals surface area contributed by atoms with Crippen molar-refractivity contribution >= 4 is 11.6 Å². The van der Waals surface area contributed by atoms with Crippen LogP contribution in [0.4, 0.5) is 14.5 Å². The summed E-state index contributed by atoms with van der Waals surface area (Å²) in [6.45, 7) is 1.29. The second-order valence-corrected chi connectivity index (χ2v) is 5.26. The van der Waals surface area contributed by atoms with E-state index in [1.54, 1.807) is 30.2 Å². The molecular weight excluding hydrogens is 302 g/mol. The Bertz CT molecular complexity index is 749. The van der Waals surface area contributed by atoms with Gasteiger partial charge in [0.05, 0.1) is 18.8 Å². The number of methoxy groups -OCH3 is 1. The predicted molar refractivity (Wildman–Crippen MR) is 83.2 cm³/mol. The average Bonchev–Trinajstić information content (AvgIpc) is 2.56. The Kier molecular flexibility index (Phi) is 4.25. The van der Waals surface area contributed by atoms with Crippen LogP contribution >= 0.6 is 0 Å². The second kappa shape index (κ2) is 6.34. The molecule has 1 heterocycles. The van der Waals surface area contributed by atoms with Crippen molar-refractivity contribution in [3.63, 3.8) is 0 Å². The van der Waals surface area contributed by atoms with Crippen molar-refractivity contribution in [2.45, 2.75) is 0 Å². The molecule has 0 radical (unpaired) electrons. The maximum absolute atomic E-state index is 13.9. The summed E-state index contributed by atoms with van der Waals surface area (Å²) >= 11 is 0. The summed E-state index contributed by atoms with van der Waals surface area (Å²) in [5.74, 6) is -1.90. The quantitative estimate of drug-likeness (QED) is 0.942. The molecule has 0 fully saturated rings. The van der Waals surface area contributed by atoms with E-state index in [1.165, 1.54) is 12.1 Å². The van der Waals surface area contributed by atoms with Gasteiger partial charge >= 0.3 is 0 Å². The highest BCUT2D eigenvalue weighted by molar-refractivity contribution is 6.02. The highest BCUT2D eigenvalue weighted by atomic mass is 19.2. The van der Waals surface area contributed by atoms with Gasteiger partial charge in [-0.3, -0.25) is 4.79 Å². The van der Waals surface area contributed by atoms with Gasteiger partial charge in [0.15, 0.2) is 11.6 Å². The molecule has 120 valence electrons. The van der Waals surface area contributed by atoms with E-state index >= 15 is 0 Å². The first-order valence-electron chi connectivity index (χ1n) is 7.22. The maximum Gasteiger partial charge on any atom is 0.257 e. The largest absolute Gasteiger partial charge is 0.383 e. The highest BCUT2D eigenvalue weighted by Crippen LogP contribution is 2.30. The second-order valence-electron chi connectivity index (χ2n) is 5.26. The number of ether oxygens (including phenoxy) is 1. The van der Waals surface area contributed by atoms with Gasteiger partial charge in [0.2, 0.25) is 0 Å². The van der Waals surface area contributed by atoms with Crippen LogP contribution in [0.3, 0.4) is 0 Å². The zero-order valence-electron chi connectivity index (χ0n) is 12.6. The minimum absolute atomic E-state index is 0.109. The number of benzene rings is 2. The van der Waals surface area contributed by atoms with E-state index in [4.69, 9.17) is 4.74 Å². The first-order valence-corrected chi connectivity index (χ1v) is 7.22. The highest BCUT2D eigenvalue weighted by Gasteiger charge is 2.24. The predicted octanol–water partition coefficient (Wildman–Crippen LogP) is 3.10. The Morgan fingerprint density at radius 3 is 2.83 bits per heavy atom. The van der Waals surface area contributed by atoms with Gasteiger partial charge in [-0.2, -0.15) is 0 Å². The third-order valence-corrected chi connectivity index (χ3v) is 3.83. The number of nitrogens with zero attached hydrogens (tertiary/aromatic N) is 1. The van der Waals surface area contributed by atoms with Crippen LogP contribution in [-0.2, 0) is 4.74 Å². The number of carbonyl (C=O) groups excluding carboxylic acids is 1. The molecule has 0 spiro atoms. The van der Waals surface area contributed by atoms with Gasteiger partial charge in [-0.1, -0.05) is 18.2 Å². The molecule has 0 bridgehead atoms. The maximum atomic E-state index is 13.9. The normalized spacial score (nSPS) is 13.7. The molecule has 0 saturated carbocycles. The van der Waals surface area contributed by atoms with Crippen molar-refractivity contribution in [1.29, 1.82) is 0 Å². The third-order valence-electron chi connectivity index (χ3n) is 3.83. The van der Waals surface area contributed by atoms with Gasteiger partial charge in [0.1, 0.15) is 0 Å². The van der Waals surface area contributed by atoms with Gasteiger partial charge in [-0.15, -0.1) is 0 Å². The van der Waals surface area contributed by atoms with E-state index in [9.17, 15) is 13.6 Å². The van der Waals surface area contributed by atoms with E-state index in [1.807, 2.05) is 0 Å². The molecule has 0 aliphatic carbocycles. The zero-order valence-corrected chi connectivity index (χ0v) is 12.6. The average molecular weight is 318 g/mol. The number of hydrogen-bond donors (Lipinski definition) is 1. The molecule has 0 unspecified atom stereocenters. The van der Waals surface area contributed by atoms with Gasteiger partial charge in [-0.05, 0) is 23.8 Å². The number of hydrogen-bond acceptors (Lipinski definition) is 3. The van der Waals surface area contributed by atoms with Crippen molar-refractivity contribution in [1.82, 2.24) is 4.90 Å². The van der Waals surface area contributed by atoms with Gasteiger partial charge < -0.3 is 15.0 Å². The van der Waals surface area contributed by atoms with Crippen LogP contribution in [0.25, 0.3) is 11.1 Å². The Labute approximate surface area is 132 Å². The van der Waals surface area contributed by atoms with Gasteiger partial charge in [0.25, 0.3) is 5.91 Å². The fourth-order valence-electron chi connectivity index (χ4n) is 2.58. The smallest absolute Gasteiger partial charge is 0.257 e. The van der Waals surface area contributed by atoms with Gasteiger partial charge in [0, 0.05) is 24.9 Å². The number of anilines is 1. The number of amides is 1. The van der Waals surface area contributed by atoms with Crippen LogP contribution < -0.4 is 5.32 Å². The molecule has 2 aromatic carbocycles. The number of fused-ring (bicyclic) bond motifs is 1. The van der Waals surface area contributed by atoms with Crippen molar-refractivity contribution in [2.75, 3.05) is 32.2 Å². The molecule has 6 heteroatoms. The van der Waals surface area contributed by atoms with Crippen molar-refractivity contribution in [2.24, 2.45) is 0 Å². The third kappa shape index (κ3) is 2.90. The summed E-state index contributed by atoms with van der Waals surface area (Å²) in [7, 11) is 1.58. The molecular formula is C17H16F2N2O2. The zero-order chi connectivity index (χ0) is 16.4. The molecule has 0 saturated heterocycles. The van der Waals surface area contributed by atoms with E-state index < -0.39 is 11.6 Å². The fraction of sp³-hybridized carbons (Fsp3) is 0.235. The number of halogens is 2. The summed E-state index contributed by atoms with van der Waals surface area (Å²) in [5.41, 5.74) is 1.81. The van der Waals surface area contributed by atoms with Crippen molar-refractivity contribution in [3.8, 4) is 11.1 Å². The molecule has 0 aromatic heterocycles. The lowest BCUT2D eigenvalue weighted by molar-refractivity contribution is 0.0700. The van der Waals surface area contributed by atoms with Crippen LogP contribution in [0.2, 0.25) is 0 Å². The Morgan fingerprint density at radius 2 is 2.04 bits per heavy atom. The summed E-state index contributed by atoms with van der Waals surface area (Å²) in [6.07, 6.45) is 0. The van der Waals surface area contributed by atoms with Crippen LogP contribution in [0.15, 0.2) is 36.4 Å². The topological polar surface area (TPSA) is 41.6 Å². The molecule has 2 aromatic rings. The van der Waals surface area contributed by atoms with E-state index in [-0.39, 0.29) is 11.5 Å². The molecule has 1 N–H and O–H groups in total. The molecule has 3 rings (SSSR count). The summed E-state index contributed by atoms with van der Waals surface area (Å²) in [4.78, 5) is 14.0. The number of nitrogens with one attached hydrogen (secondary N) is 1. The lowest BCUT2D eigenvalue weighted by atomic mass is 10.00. The summed E-state index contributed by atoms with van der Waals surface area (Å²) in [5, 5.41) is 3.13. The molecule has 1 aliphatic rings. The van der Waals surface area contributed by atoms with Crippen molar-refractivity contribution < 1.29 is 18.3 Å². The summed E-state index contributed by atoms with van der Waals surface area (Å²) < 4.78 is 32.3. The molecule has 4 nitrogen and oxygen atoms in total. The molecule has 1 aliphatic heterocycles. The minimum Gasteiger partial charge on any atom is -0.383 e. The first-order chi connectivity index (χ1) is 11.1. The van der Waals surface area contributed by atoms with Crippen LogP contribution in [0, 0.1) is 11.6 Å². The number of rotatable bonds is 4. The minimum atomic E-state index is -0.894. The molecule has 23 heavy (non-hydrogen) atoms. The lowest BCUT2D eigenvalue weighted by Crippen LogP contribution is -2.41. The van der Waals surface area contributed by atoms with Gasteiger partial charge in [-0.25, -0.2) is 8.78 Å². The first kappa shape index (κ1) is 15.4. The van der Waals surface area contributed by atoms with Crippen LogP contribution in [0.1, 0.15) is 10.4 Å².